The predicted octanol–water partition coefficient (Wildman–Crippen LogP) is 2.63. The van der Waals surface area contributed by atoms with Gasteiger partial charge in [0.15, 0.2) is 0 Å². The van der Waals surface area contributed by atoms with E-state index < -0.39 is 0 Å². The van der Waals surface area contributed by atoms with Gasteiger partial charge in [0.2, 0.25) is 5.91 Å². The second kappa shape index (κ2) is 5.99. The number of benzene rings is 1. The number of piperidine rings is 1. The summed E-state index contributed by atoms with van der Waals surface area (Å²) in [6.45, 7) is 6.12. The van der Waals surface area contributed by atoms with E-state index in [1.54, 1.807) is 0 Å². The number of carbonyl (C=O) groups is 1. The number of ether oxygens (including phenoxy) is 1. The second-order valence-corrected chi connectivity index (χ2v) is 7.31. The summed E-state index contributed by atoms with van der Waals surface area (Å²) in [5.41, 5.74) is 5.28. The molecule has 1 fully saturated rings. The van der Waals surface area contributed by atoms with E-state index in [9.17, 15) is 4.79 Å². The molecule has 3 heterocycles. The largest absolute Gasteiger partial charge is 0.364 e. The predicted molar refractivity (Wildman–Crippen MR) is 95.1 cm³/mol. The first-order valence-electron chi connectivity index (χ1n) is 8.99. The smallest absolute Gasteiger partial charge is 0.227 e. The number of rotatable bonds is 2. The fourth-order valence-corrected chi connectivity index (χ4v) is 4.29. The topological polar surface area (TPSA) is 47.4 Å². The van der Waals surface area contributed by atoms with Crippen molar-refractivity contribution in [1.82, 2.24) is 14.7 Å². The van der Waals surface area contributed by atoms with Crippen LogP contribution in [-0.2, 0) is 35.2 Å². The standard InChI is InChI=1S/C20H25N3O2/c1-14-17(15(2)22(3)21-14)11-19(24)23-10-6-9-20(13-23)18-8-5-4-7-16(18)12-25-20/h4-5,7-8H,6,9-13H2,1-3H3. The van der Waals surface area contributed by atoms with E-state index in [1.807, 2.05) is 30.5 Å². The molecule has 2 aromatic rings. The quantitative estimate of drug-likeness (QED) is 0.845. The van der Waals surface area contributed by atoms with E-state index in [2.05, 4.69) is 29.4 Å². The summed E-state index contributed by atoms with van der Waals surface area (Å²) in [5.74, 6) is 0.172. The highest BCUT2D eigenvalue weighted by Crippen LogP contribution is 2.42. The molecular formula is C20H25N3O2. The maximum atomic E-state index is 13.0. The van der Waals surface area contributed by atoms with Gasteiger partial charge >= 0.3 is 0 Å². The Kier molecular flexibility index (Phi) is 3.91. The van der Waals surface area contributed by atoms with Gasteiger partial charge in [-0.3, -0.25) is 9.48 Å². The molecule has 1 unspecified atom stereocenters. The molecule has 1 saturated heterocycles. The van der Waals surface area contributed by atoms with Gasteiger partial charge in [-0.2, -0.15) is 5.10 Å². The van der Waals surface area contributed by atoms with Crippen molar-refractivity contribution in [3.63, 3.8) is 0 Å². The molecule has 4 rings (SSSR count). The van der Waals surface area contributed by atoms with E-state index in [1.165, 1.54) is 11.1 Å². The lowest BCUT2D eigenvalue weighted by atomic mass is 9.85. The summed E-state index contributed by atoms with van der Waals surface area (Å²) in [6, 6.07) is 8.41. The van der Waals surface area contributed by atoms with Gasteiger partial charge in [0.05, 0.1) is 25.3 Å². The molecule has 5 nitrogen and oxygen atoms in total. The van der Waals surface area contributed by atoms with Crippen LogP contribution in [0, 0.1) is 13.8 Å². The van der Waals surface area contributed by atoms with Crippen LogP contribution in [0.15, 0.2) is 24.3 Å². The van der Waals surface area contributed by atoms with Crippen LogP contribution in [-0.4, -0.2) is 33.7 Å². The van der Waals surface area contributed by atoms with Crippen LogP contribution in [0.25, 0.3) is 0 Å². The summed E-state index contributed by atoms with van der Waals surface area (Å²) < 4.78 is 8.08. The van der Waals surface area contributed by atoms with Crippen molar-refractivity contribution in [2.24, 2.45) is 7.05 Å². The molecule has 5 heteroatoms. The molecular weight excluding hydrogens is 314 g/mol. The normalized spacial score (nSPS) is 22.4. The molecule has 0 radical (unpaired) electrons. The zero-order valence-corrected chi connectivity index (χ0v) is 15.2. The molecule has 0 saturated carbocycles. The maximum absolute atomic E-state index is 13.0. The molecule has 2 aliphatic rings. The minimum Gasteiger partial charge on any atom is -0.364 e. The fraction of sp³-hybridized carbons (Fsp3) is 0.500. The Hall–Kier alpha value is -2.14. The summed E-state index contributed by atoms with van der Waals surface area (Å²) in [7, 11) is 1.93. The minimum atomic E-state index is -0.316. The van der Waals surface area contributed by atoms with Crippen LogP contribution in [0.2, 0.25) is 0 Å². The second-order valence-electron chi connectivity index (χ2n) is 7.31. The van der Waals surface area contributed by atoms with Crippen molar-refractivity contribution in [2.75, 3.05) is 13.1 Å². The number of carbonyl (C=O) groups excluding carboxylic acids is 1. The van der Waals surface area contributed by atoms with Crippen molar-refractivity contribution in [1.29, 1.82) is 0 Å². The van der Waals surface area contributed by atoms with Gasteiger partial charge in [0, 0.05) is 24.8 Å². The Morgan fingerprint density at radius 3 is 2.88 bits per heavy atom. The van der Waals surface area contributed by atoms with Crippen molar-refractivity contribution in [2.45, 2.75) is 45.3 Å². The van der Waals surface area contributed by atoms with Gasteiger partial charge in [-0.05, 0) is 37.8 Å². The molecule has 1 amide bonds. The molecule has 0 aliphatic carbocycles. The molecule has 1 spiro atoms. The number of likely N-dealkylation sites (tertiary alicyclic amines) is 1. The first-order chi connectivity index (χ1) is 12.0. The number of nitrogens with zero attached hydrogens (tertiary/aromatic N) is 3. The Bertz CT molecular complexity index is 822. The highest BCUT2D eigenvalue weighted by Gasteiger charge is 2.44. The van der Waals surface area contributed by atoms with Crippen molar-refractivity contribution in [3.05, 3.63) is 52.3 Å². The molecule has 1 aromatic heterocycles. The average molecular weight is 339 g/mol. The Labute approximate surface area is 148 Å². The number of amides is 1. The maximum Gasteiger partial charge on any atom is 0.227 e. The van der Waals surface area contributed by atoms with Crippen LogP contribution < -0.4 is 0 Å². The summed E-state index contributed by atoms with van der Waals surface area (Å²) in [4.78, 5) is 15.0. The molecule has 25 heavy (non-hydrogen) atoms. The highest BCUT2D eigenvalue weighted by atomic mass is 16.5. The fourth-order valence-electron chi connectivity index (χ4n) is 4.29. The number of hydrogen-bond donors (Lipinski definition) is 0. The highest BCUT2D eigenvalue weighted by molar-refractivity contribution is 5.79. The van der Waals surface area contributed by atoms with E-state index in [4.69, 9.17) is 4.74 Å². The van der Waals surface area contributed by atoms with Crippen LogP contribution in [0.5, 0.6) is 0 Å². The van der Waals surface area contributed by atoms with E-state index >= 15 is 0 Å². The Morgan fingerprint density at radius 2 is 2.12 bits per heavy atom. The van der Waals surface area contributed by atoms with E-state index in [0.29, 0.717) is 19.6 Å². The van der Waals surface area contributed by atoms with Gasteiger partial charge in [0.1, 0.15) is 5.60 Å². The third-order valence-electron chi connectivity index (χ3n) is 5.81. The number of aromatic nitrogens is 2. The summed E-state index contributed by atoms with van der Waals surface area (Å²) >= 11 is 0. The molecule has 0 N–H and O–H groups in total. The molecule has 132 valence electrons. The Morgan fingerprint density at radius 1 is 1.32 bits per heavy atom. The number of fused-ring (bicyclic) bond motifs is 2. The monoisotopic (exact) mass is 339 g/mol. The lowest BCUT2D eigenvalue weighted by Crippen LogP contribution is -2.49. The van der Waals surface area contributed by atoms with Gasteiger partial charge in [-0.25, -0.2) is 0 Å². The van der Waals surface area contributed by atoms with Crippen LogP contribution in [0.3, 0.4) is 0 Å². The Balaban J connectivity index is 1.55. The van der Waals surface area contributed by atoms with Crippen LogP contribution in [0.4, 0.5) is 0 Å². The zero-order chi connectivity index (χ0) is 17.6. The zero-order valence-electron chi connectivity index (χ0n) is 15.2. The van der Waals surface area contributed by atoms with Crippen LogP contribution in [0.1, 0.15) is 40.9 Å². The third kappa shape index (κ3) is 2.67. The summed E-state index contributed by atoms with van der Waals surface area (Å²) in [6.07, 6.45) is 2.38. The molecule has 1 aromatic carbocycles. The first kappa shape index (κ1) is 16.3. The van der Waals surface area contributed by atoms with Gasteiger partial charge in [-0.1, -0.05) is 24.3 Å². The van der Waals surface area contributed by atoms with Gasteiger partial charge in [-0.15, -0.1) is 0 Å². The van der Waals surface area contributed by atoms with Crippen molar-refractivity contribution < 1.29 is 9.53 Å². The average Bonchev–Trinajstić information content (AvgIpc) is 3.08. The van der Waals surface area contributed by atoms with Crippen molar-refractivity contribution in [3.8, 4) is 0 Å². The van der Waals surface area contributed by atoms with Crippen LogP contribution >= 0.6 is 0 Å². The first-order valence-corrected chi connectivity index (χ1v) is 8.99. The SMILES string of the molecule is Cc1nn(C)c(C)c1CC(=O)N1CCCC2(C1)OCc1ccccc12. The molecule has 0 bridgehead atoms. The number of hydrogen-bond acceptors (Lipinski definition) is 3. The lowest BCUT2D eigenvalue weighted by molar-refractivity contribution is -0.142. The number of aryl methyl sites for hydroxylation is 2. The van der Waals surface area contributed by atoms with E-state index in [0.717, 1.165) is 36.3 Å². The lowest BCUT2D eigenvalue weighted by Gasteiger charge is -2.40. The van der Waals surface area contributed by atoms with Crippen molar-refractivity contribution >= 4 is 5.91 Å². The molecule has 2 aliphatic heterocycles. The minimum absolute atomic E-state index is 0.172. The third-order valence-corrected chi connectivity index (χ3v) is 5.81. The summed E-state index contributed by atoms with van der Waals surface area (Å²) in [5, 5.41) is 4.43. The van der Waals surface area contributed by atoms with E-state index in [-0.39, 0.29) is 11.5 Å². The molecule has 1 atom stereocenters. The van der Waals surface area contributed by atoms with Gasteiger partial charge in [0.25, 0.3) is 0 Å². The van der Waals surface area contributed by atoms with Gasteiger partial charge < -0.3 is 9.64 Å².